The first kappa shape index (κ1) is 35.0. The molecular weight excluding hydrogens is 635 g/mol. The Hall–Kier alpha value is -2.83. The number of H-pyrrole nitrogens is 1. The Morgan fingerprint density at radius 1 is 1.07 bits per heavy atom. The standard InChI is InChI=1S/C33H36Cl2N4O3S.2H2O/c1-19-30(36-20(2)31(19)33(42)39-12-4-5-21(39)17-38-13-10-22(40)11-14-38)16-25-24-15-23(8-9-29(24)37-32(25)41)43-18-26-27(34)6-3-7-28(26)35;;/h3,6-9,15-16,21-22,36,40H,4-5,10-14,17-18H2,1-2H3,(H,37,41);2*1H2/t21-;;/m0../s1. The maximum atomic E-state index is 13.9. The molecule has 2 aromatic carbocycles. The van der Waals surface area contributed by atoms with Crippen molar-refractivity contribution in [1.29, 1.82) is 0 Å². The molecule has 45 heavy (non-hydrogen) atoms. The van der Waals surface area contributed by atoms with Gasteiger partial charge in [0.05, 0.1) is 17.2 Å². The smallest absolute Gasteiger partial charge is 0.256 e. The number of piperidine rings is 1. The van der Waals surface area contributed by atoms with E-state index in [1.54, 1.807) is 11.8 Å². The zero-order valence-electron chi connectivity index (χ0n) is 25.4. The summed E-state index contributed by atoms with van der Waals surface area (Å²) in [7, 11) is 0. The Kier molecular flexibility index (Phi) is 11.5. The van der Waals surface area contributed by atoms with Crippen molar-refractivity contribution in [2.45, 2.75) is 62.3 Å². The summed E-state index contributed by atoms with van der Waals surface area (Å²) in [4.78, 5) is 35.8. The number of benzene rings is 2. The van der Waals surface area contributed by atoms with Crippen LogP contribution in [0.25, 0.3) is 11.6 Å². The lowest BCUT2D eigenvalue weighted by atomic mass is 10.0. The van der Waals surface area contributed by atoms with E-state index < -0.39 is 0 Å². The summed E-state index contributed by atoms with van der Waals surface area (Å²) in [5.74, 6) is 0.482. The number of aliphatic hydroxyl groups excluding tert-OH is 1. The monoisotopic (exact) mass is 674 g/mol. The number of rotatable bonds is 7. The van der Waals surface area contributed by atoms with Gasteiger partial charge >= 0.3 is 0 Å². The average Bonchev–Trinajstić information content (AvgIpc) is 3.65. The summed E-state index contributed by atoms with van der Waals surface area (Å²) in [5, 5.41) is 14.1. The molecule has 2 amide bonds. The molecule has 12 heteroatoms. The van der Waals surface area contributed by atoms with E-state index in [1.807, 2.05) is 61.2 Å². The number of aromatic nitrogens is 1. The Bertz CT molecular complexity index is 1580. The molecule has 0 aliphatic carbocycles. The van der Waals surface area contributed by atoms with Gasteiger partial charge in [-0.25, -0.2) is 0 Å². The first-order valence-electron chi connectivity index (χ1n) is 14.8. The Morgan fingerprint density at radius 2 is 1.78 bits per heavy atom. The van der Waals surface area contributed by atoms with Crippen molar-refractivity contribution in [2.75, 3.05) is 31.5 Å². The zero-order chi connectivity index (χ0) is 30.2. The van der Waals surface area contributed by atoms with Crippen LogP contribution >= 0.6 is 35.0 Å². The van der Waals surface area contributed by atoms with E-state index in [9.17, 15) is 14.7 Å². The second-order valence-electron chi connectivity index (χ2n) is 11.7. The summed E-state index contributed by atoms with van der Waals surface area (Å²) in [5.41, 5.74) is 6.13. The summed E-state index contributed by atoms with van der Waals surface area (Å²) < 4.78 is 0. The van der Waals surface area contributed by atoms with E-state index in [-0.39, 0.29) is 34.9 Å². The third-order valence-electron chi connectivity index (χ3n) is 8.86. The van der Waals surface area contributed by atoms with Crippen molar-refractivity contribution in [3.63, 3.8) is 0 Å². The molecule has 2 saturated heterocycles. The number of hydrogen-bond acceptors (Lipinski definition) is 5. The number of anilines is 1. The van der Waals surface area contributed by atoms with Gasteiger partial charge in [0.2, 0.25) is 0 Å². The maximum Gasteiger partial charge on any atom is 0.256 e. The molecule has 6 rings (SSSR count). The Balaban J connectivity index is 0.00000230. The normalized spacial score (nSPS) is 19.3. The molecule has 0 radical (unpaired) electrons. The number of aryl methyl sites for hydroxylation is 1. The maximum absolute atomic E-state index is 13.9. The lowest BCUT2D eigenvalue weighted by Gasteiger charge is -2.34. The summed E-state index contributed by atoms with van der Waals surface area (Å²) in [6.07, 6.45) is 5.22. The van der Waals surface area contributed by atoms with Crippen LogP contribution in [0.15, 0.2) is 41.3 Å². The van der Waals surface area contributed by atoms with E-state index in [1.165, 1.54) is 0 Å². The van der Waals surface area contributed by atoms with Crippen LogP contribution in [-0.2, 0) is 10.5 Å². The summed E-state index contributed by atoms with van der Waals surface area (Å²) in [6.45, 7) is 7.21. The van der Waals surface area contributed by atoms with Crippen LogP contribution in [0, 0.1) is 13.8 Å². The van der Waals surface area contributed by atoms with Gasteiger partial charge in [-0.15, -0.1) is 11.8 Å². The molecule has 0 unspecified atom stereocenters. The number of aliphatic hydroxyl groups is 1. The lowest BCUT2D eigenvalue weighted by molar-refractivity contribution is -0.110. The highest BCUT2D eigenvalue weighted by atomic mass is 35.5. The van der Waals surface area contributed by atoms with E-state index in [2.05, 4.69) is 15.2 Å². The van der Waals surface area contributed by atoms with Gasteiger partial charge in [0, 0.05) is 75.6 Å². The quantitative estimate of drug-likeness (QED) is 0.234. The first-order chi connectivity index (χ1) is 20.7. The van der Waals surface area contributed by atoms with Crippen LogP contribution < -0.4 is 5.32 Å². The molecule has 1 aromatic heterocycles. The Labute approximate surface area is 277 Å². The average molecular weight is 676 g/mol. The van der Waals surface area contributed by atoms with Crippen molar-refractivity contribution < 1.29 is 25.6 Å². The number of hydrogen-bond donors (Lipinski definition) is 3. The largest absolute Gasteiger partial charge is 0.412 e. The molecular formula is C33H40Cl2N4O5S. The summed E-state index contributed by atoms with van der Waals surface area (Å²) >= 11 is 14.3. The van der Waals surface area contributed by atoms with Crippen LogP contribution in [0.5, 0.6) is 0 Å². The molecule has 9 nitrogen and oxygen atoms in total. The minimum atomic E-state index is -0.206. The molecule has 3 aliphatic heterocycles. The number of amides is 2. The van der Waals surface area contributed by atoms with Crippen LogP contribution in [0.4, 0.5) is 5.69 Å². The number of carbonyl (C=O) groups excluding carboxylic acids is 2. The van der Waals surface area contributed by atoms with Crippen molar-refractivity contribution in [3.05, 3.63) is 80.1 Å². The van der Waals surface area contributed by atoms with Crippen molar-refractivity contribution >= 4 is 64.1 Å². The number of carbonyl (C=O) groups is 2. The Morgan fingerprint density at radius 3 is 2.49 bits per heavy atom. The highest BCUT2D eigenvalue weighted by molar-refractivity contribution is 7.98. The second-order valence-corrected chi connectivity index (χ2v) is 13.6. The van der Waals surface area contributed by atoms with E-state index in [0.29, 0.717) is 26.9 Å². The van der Waals surface area contributed by atoms with Gasteiger partial charge in [-0.2, -0.15) is 0 Å². The zero-order valence-corrected chi connectivity index (χ0v) is 27.7. The molecule has 4 heterocycles. The molecule has 242 valence electrons. The number of halogens is 2. The third kappa shape index (κ3) is 7.28. The SMILES string of the molecule is Cc1[nH]c(C=C2C(=O)Nc3ccc(SCc4c(Cl)cccc4Cl)cc32)c(C)c1C(=O)N1CCC[C@H]1CN1CCC(O)CC1.O.O. The molecule has 0 bridgehead atoms. The number of nitrogens with zero attached hydrogens (tertiary/aromatic N) is 2. The van der Waals surface area contributed by atoms with E-state index in [0.717, 1.165) is 90.5 Å². The number of fused-ring (bicyclic) bond motifs is 1. The molecule has 7 N–H and O–H groups in total. The number of nitrogens with one attached hydrogen (secondary N) is 2. The number of likely N-dealkylation sites (tertiary alicyclic amines) is 2. The highest BCUT2D eigenvalue weighted by Gasteiger charge is 2.34. The fourth-order valence-corrected chi connectivity index (χ4v) is 8.12. The van der Waals surface area contributed by atoms with Gasteiger partial charge in [-0.05, 0) is 87.1 Å². The second kappa shape index (κ2) is 14.7. The first-order valence-corrected chi connectivity index (χ1v) is 16.6. The summed E-state index contributed by atoms with van der Waals surface area (Å²) in [6, 6.07) is 11.6. The van der Waals surface area contributed by atoms with Crippen molar-refractivity contribution in [1.82, 2.24) is 14.8 Å². The predicted molar refractivity (Wildman–Crippen MR) is 182 cm³/mol. The minimum Gasteiger partial charge on any atom is -0.412 e. The topological polar surface area (TPSA) is 152 Å². The van der Waals surface area contributed by atoms with Crippen LogP contribution in [0.3, 0.4) is 0 Å². The minimum absolute atomic E-state index is 0. The van der Waals surface area contributed by atoms with Crippen molar-refractivity contribution in [3.8, 4) is 0 Å². The van der Waals surface area contributed by atoms with E-state index in [4.69, 9.17) is 23.2 Å². The molecule has 3 aromatic rings. The van der Waals surface area contributed by atoms with Gasteiger partial charge in [-0.1, -0.05) is 29.3 Å². The molecule has 2 fully saturated rings. The van der Waals surface area contributed by atoms with E-state index >= 15 is 0 Å². The molecule has 3 aliphatic rings. The lowest BCUT2D eigenvalue weighted by Crippen LogP contribution is -2.46. The number of aromatic amines is 1. The van der Waals surface area contributed by atoms with Gasteiger partial charge in [0.15, 0.2) is 0 Å². The molecule has 0 saturated carbocycles. The predicted octanol–water partition coefficient (Wildman–Crippen LogP) is 5.14. The van der Waals surface area contributed by atoms with Crippen LogP contribution in [-0.4, -0.2) is 81.0 Å². The molecule has 0 spiro atoms. The van der Waals surface area contributed by atoms with Gasteiger partial charge in [0.1, 0.15) is 0 Å². The van der Waals surface area contributed by atoms with Gasteiger partial charge in [-0.3, -0.25) is 9.59 Å². The highest BCUT2D eigenvalue weighted by Crippen LogP contribution is 2.39. The van der Waals surface area contributed by atoms with Crippen LogP contribution in [0.2, 0.25) is 10.0 Å². The van der Waals surface area contributed by atoms with Gasteiger partial charge < -0.3 is 36.2 Å². The fraction of sp³-hybridized carbons (Fsp3) is 0.394. The van der Waals surface area contributed by atoms with Gasteiger partial charge in [0.25, 0.3) is 11.8 Å². The fourth-order valence-electron chi connectivity index (χ4n) is 6.45. The number of thioether (sulfide) groups is 1. The third-order valence-corrected chi connectivity index (χ3v) is 10.6. The molecule has 1 atom stereocenters. The van der Waals surface area contributed by atoms with Crippen LogP contribution in [0.1, 0.15) is 64.1 Å². The van der Waals surface area contributed by atoms with Crippen molar-refractivity contribution in [2.24, 2.45) is 0 Å².